The Morgan fingerprint density at radius 3 is 2.52 bits per heavy atom. The van der Waals surface area contributed by atoms with Crippen molar-refractivity contribution in [1.29, 1.82) is 0 Å². The zero-order chi connectivity index (χ0) is 15.7. The molecule has 0 bridgehead atoms. The summed E-state index contributed by atoms with van der Waals surface area (Å²) in [5, 5.41) is 14.7. The van der Waals surface area contributed by atoms with Crippen LogP contribution in [-0.4, -0.2) is 36.6 Å². The predicted octanol–water partition coefficient (Wildman–Crippen LogP) is 1.34. The number of benzene rings is 1. The van der Waals surface area contributed by atoms with Crippen molar-refractivity contribution >= 4 is 17.9 Å². The molecule has 114 valence electrons. The molecule has 1 aromatic rings. The van der Waals surface area contributed by atoms with E-state index in [1.165, 1.54) is 6.08 Å². The van der Waals surface area contributed by atoms with E-state index in [0.29, 0.717) is 12.0 Å². The number of aliphatic hydroxyl groups is 1. The van der Waals surface area contributed by atoms with Crippen LogP contribution in [0.15, 0.2) is 30.3 Å². The summed E-state index contributed by atoms with van der Waals surface area (Å²) in [5.74, 6) is -0.395. The third-order valence-electron chi connectivity index (χ3n) is 2.96. The average molecular weight is 290 g/mol. The summed E-state index contributed by atoms with van der Waals surface area (Å²) < 4.78 is 0. The Balaban J connectivity index is 2.48. The Kier molecular flexibility index (Phi) is 7.18. The Morgan fingerprint density at radius 1 is 1.29 bits per heavy atom. The molecule has 0 aromatic heterocycles. The van der Waals surface area contributed by atoms with Crippen LogP contribution in [0.5, 0.6) is 0 Å². The van der Waals surface area contributed by atoms with Crippen molar-refractivity contribution in [3.05, 3.63) is 41.5 Å². The molecule has 21 heavy (non-hydrogen) atoms. The summed E-state index contributed by atoms with van der Waals surface area (Å²) in [7, 11) is 1.58. The van der Waals surface area contributed by atoms with Gasteiger partial charge in [-0.25, -0.2) is 0 Å². The fourth-order valence-electron chi connectivity index (χ4n) is 1.77. The van der Waals surface area contributed by atoms with E-state index in [-0.39, 0.29) is 18.4 Å². The topological polar surface area (TPSA) is 78.4 Å². The van der Waals surface area contributed by atoms with Crippen molar-refractivity contribution in [2.75, 3.05) is 13.6 Å². The van der Waals surface area contributed by atoms with E-state index in [1.54, 1.807) is 37.4 Å². The van der Waals surface area contributed by atoms with Crippen LogP contribution in [0.1, 0.15) is 35.7 Å². The zero-order valence-corrected chi connectivity index (χ0v) is 12.4. The molecular weight excluding hydrogens is 268 g/mol. The highest BCUT2D eigenvalue weighted by atomic mass is 16.3. The first-order chi connectivity index (χ1) is 10.1. The monoisotopic (exact) mass is 290 g/mol. The minimum atomic E-state index is -0.501. The Labute approximate surface area is 125 Å². The van der Waals surface area contributed by atoms with E-state index in [2.05, 4.69) is 10.6 Å². The highest BCUT2D eigenvalue weighted by molar-refractivity contribution is 5.94. The van der Waals surface area contributed by atoms with Crippen LogP contribution in [0.4, 0.5) is 0 Å². The summed E-state index contributed by atoms with van der Waals surface area (Å²) in [6.07, 6.45) is 4.12. The molecule has 0 aliphatic carbocycles. The normalized spacial score (nSPS) is 12.1. The number of carbonyl (C=O) groups is 2. The fraction of sp³-hybridized carbons (Fsp3) is 0.375. The minimum absolute atomic E-state index is 0.145. The van der Waals surface area contributed by atoms with Crippen molar-refractivity contribution in [2.45, 2.75) is 25.9 Å². The lowest BCUT2D eigenvalue weighted by Gasteiger charge is -2.08. The van der Waals surface area contributed by atoms with Gasteiger partial charge in [0.1, 0.15) is 0 Å². The van der Waals surface area contributed by atoms with Crippen molar-refractivity contribution in [1.82, 2.24) is 10.6 Å². The van der Waals surface area contributed by atoms with Crippen LogP contribution in [0, 0.1) is 0 Å². The molecule has 0 radical (unpaired) electrons. The molecule has 1 atom stereocenters. The van der Waals surface area contributed by atoms with Crippen molar-refractivity contribution in [3.63, 3.8) is 0 Å². The molecular formula is C16H22N2O3. The maximum Gasteiger partial charge on any atom is 0.251 e. The molecule has 1 aromatic carbocycles. The van der Waals surface area contributed by atoms with Gasteiger partial charge >= 0.3 is 0 Å². The number of aliphatic hydroxyl groups excluding tert-OH is 1. The van der Waals surface area contributed by atoms with Crippen LogP contribution in [0.3, 0.4) is 0 Å². The first kappa shape index (κ1) is 16.9. The molecule has 0 aliphatic heterocycles. The van der Waals surface area contributed by atoms with Crippen LogP contribution in [0.2, 0.25) is 0 Å². The lowest BCUT2D eigenvalue weighted by atomic mass is 10.1. The predicted molar refractivity (Wildman–Crippen MR) is 82.8 cm³/mol. The SMILES string of the molecule is CCCC(O)CNC(=O)/C=C/c1ccc(C(=O)NC)cc1. The van der Waals surface area contributed by atoms with Gasteiger partial charge in [-0.1, -0.05) is 25.5 Å². The summed E-state index contributed by atoms with van der Waals surface area (Å²) in [4.78, 5) is 22.9. The molecule has 3 N–H and O–H groups in total. The molecule has 0 fully saturated rings. The van der Waals surface area contributed by atoms with Gasteiger partial charge in [-0.05, 0) is 30.2 Å². The number of rotatable bonds is 7. The highest BCUT2D eigenvalue weighted by Crippen LogP contribution is 2.06. The number of hydrogen-bond donors (Lipinski definition) is 3. The van der Waals surface area contributed by atoms with Crippen LogP contribution in [-0.2, 0) is 4.79 Å². The van der Waals surface area contributed by atoms with Gasteiger partial charge in [0.2, 0.25) is 5.91 Å². The Morgan fingerprint density at radius 2 is 1.95 bits per heavy atom. The van der Waals surface area contributed by atoms with Crippen LogP contribution < -0.4 is 10.6 Å². The molecule has 1 unspecified atom stereocenters. The first-order valence-electron chi connectivity index (χ1n) is 7.03. The second-order valence-corrected chi connectivity index (χ2v) is 4.72. The van der Waals surface area contributed by atoms with E-state index in [9.17, 15) is 14.7 Å². The van der Waals surface area contributed by atoms with Crippen molar-refractivity contribution in [3.8, 4) is 0 Å². The van der Waals surface area contributed by atoms with E-state index in [4.69, 9.17) is 0 Å². The van der Waals surface area contributed by atoms with Gasteiger partial charge in [0.15, 0.2) is 0 Å². The summed E-state index contributed by atoms with van der Waals surface area (Å²) in [6, 6.07) is 6.92. The third-order valence-corrected chi connectivity index (χ3v) is 2.96. The van der Waals surface area contributed by atoms with Gasteiger partial charge in [-0.3, -0.25) is 9.59 Å². The van der Waals surface area contributed by atoms with Crippen LogP contribution >= 0.6 is 0 Å². The molecule has 2 amide bonds. The lowest BCUT2D eigenvalue weighted by Crippen LogP contribution is -2.30. The molecule has 0 heterocycles. The van der Waals surface area contributed by atoms with Gasteiger partial charge in [-0.15, -0.1) is 0 Å². The fourth-order valence-corrected chi connectivity index (χ4v) is 1.77. The van der Waals surface area contributed by atoms with Gasteiger partial charge in [0, 0.05) is 25.2 Å². The van der Waals surface area contributed by atoms with Gasteiger partial charge in [-0.2, -0.15) is 0 Å². The summed E-state index contributed by atoms with van der Waals surface area (Å²) in [5.41, 5.74) is 1.40. The molecule has 1 rings (SSSR count). The Bertz CT molecular complexity index is 495. The number of nitrogens with one attached hydrogen (secondary N) is 2. The van der Waals surface area contributed by atoms with E-state index < -0.39 is 6.10 Å². The number of hydrogen-bond acceptors (Lipinski definition) is 3. The van der Waals surface area contributed by atoms with E-state index in [1.807, 2.05) is 6.92 Å². The number of amides is 2. The molecule has 0 saturated carbocycles. The minimum Gasteiger partial charge on any atom is -0.391 e. The highest BCUT2D eigenvalue weighted by Gasteiger charge is 2.04. The lowest BCUT2D eigenvalue weighted by molar-refractivity contribution is -0.116. The maximum absolute atomic E-state index is 11.6. The smallest absolute Gasteiger partial charge is 0.251 e. The van der Waals surface area contributed by atoms with Crippen LogP contribution in [0.25, 0.3) is 6.08 Å². The summed E-state index contributed by atoms with van der Waals surface area (Å²) in [6.45, 7) is 2.24. The largest absolute Gasteiger partial charge is 0.391 e. The number of carbonyl (C=O) groups excluding carboxylic acids is 2. The third kappa shape index (κ3) is 6.23. The summed E-state index contributed by atoms with van der Waals surface area (Å²) >= 11 is 0. The average Bonchev–Trinajstić information content (AvgIpc) is 2.51. The van der Waals surface area contributed by atoms with Crippen molar-refractivity contribution in [2.24, 2.45) is 0 Å². The van der Waals surface area contributed by atoms with Gasteiger partial charge in [0.05, 0.1) is 6.10 Å². The molecule has 0 aliphatic rings. The molecule has 0 spiro atoms. The molecule has 5 nitrogen and oxygen atoms in total. The second kappa shape index (κ2) is 8.92. The van der Waals surface area contributed by atoms with Crippen molar-refractivity contribution < 1.29 is 14.7 Å². The quantitative estimate of drug-likeness (QED) is 0.663. The van der Waals surface area contributed by atoms with Gasteiger partial charge < -0.3 is 15.7 Å². The van der Waals surface area contributed by atoms with E-state index >= 15 is 0 Å². The molecule has 5 heteroatoms. The second-order valence-electron chi connectivity index (χ2n) is 4.72. The van der Waals surface area contributed by atoms with Gasteiger partial charge in [0.25, 0.3) is 5.91 Å². The Hall–Kier alpha value is -2.14. The van der Waals surface area contributed by atoms with E-state index in [0.717, 1.165) is 12.0 Å². The first-order valence-corrected chi connectivity index (χ1v) is 7.03. The zero-order valence-electron chi connectivity index (χ0n) is 12.4. The maximum atomic E-state index is 11.6. The standard InChI is InChI=1S/C16H22N2O3/c1-3-4-14(19)11-18-15(20)10-7-12-5-8-13(9-6-12)16(21)17-2/h5-10,14,19H,3-4,11H2,1-2H3,(H,17,21)(H,18,20)/b10-7+. The molecule has 0 saturated heterocycles.